The Labute approximate surface area is 176 Å². The van der Waals surface area contributed by atoms with E-state index in [0.717, 1.165) is 0 Å². The van der Waals surface area contributed by atoms with E-state index in [4.69, 9.17) is 4.42 Å². The number of aromatic nitrogens is 4. The highest BCUT2D eigenvalue weighted by Crippen LogP contribution is 2.26. The first kappa shape index (κ1) is 20.6. The van der Waals surface area contributed by atoms with Crippen molar-refractivity contribution < 1.29 is 21.6 Å². The lowest BCUT2D eigenvalue weighted by molar-refractivity contribution is 0.566. The molecule has 10 heteroatoms. The van der Waals surface area contributed by atoms with Crippen molar-refractivity contribution in [2.24, 2.45) is 0 Å². The summed E-state index contributed by atoms with van der Waals surface area (Å²) in [6.45, 7) is 3.68. The van der Waals surface area contributed by atoms with Crippen molar-refractivity contribution in [3.63, 3.8) is 0 Å². The smallest absolute Gasteiger partial charge is 0.250 e. The van der Waals surface area contributed by atoms with Crippen LogP contribution < -0.4 is 0 Å². The Morgan fingerprint density at radius 2 is 1.90 bits per heavy atom. The van der Waals surface area contributed by atoms with Crippen LogP contribution in [0.2, 0.25) is 0 Å². The molecule has 0 aliphatic rings. The summed E-state index contributed by atoms with van der Waals surface area (Å²) in [7, 11) is -4.02. The quantitative estimate of drug-likeness (QED) is 0.401. The molecule has 0 fully saturated rings. The van der Waals surface area contributed by atoms with Gasteiger partial charge in [-0.15, -0.1) is 16.8 Å². The van der Waals surface area contributed by atoms with Gasteiger partial charge < -0.3 is 4.42 Å². The molecule has 31 heavy (non-hydrogen) atoms. The number of nitrogens with zero attached hydrogens (tertiary/aromatic N) is 4. The van der Waals surface area contributed by atoms with E-state index in [1.807, 2.05) is 0 Å². The standard InChI is InChI=1S/C21H16F2N4O3S/c1-2-10-27-19(17-8-3-4-9-18(17)23)25-26-21(27)31(28,29)13-16-12-30-20(24-16)14-6-5-7-15(22)11-14/h2-9,11-12H,1,10,13H2. The molecule has 0 aliphatic carbocycles. The van der Waals surface area contributed by atoms with Crippen molar-refractivity contribution in [1.82, 2.24) is 19.7 Å². The Balaban J connectivity index is 1.68. The van der Waals surface area contributed by atoms with Crippen molar-refractivity contribution >= 4 is 9.84 Å². The van der Waals surface area contributed by atoms with Gasteiger partial charge >= 0.3 is 0 Å². The third kappa shape index (κ3) is 4.15. The van der Waals surface area contributed by atoms with Gasteiger partial charge in [-0.1, -0.05) is 24.3 Å². The molecule has 0 spiro atoms. The minimum Gasteiger partial charge on any atom is -0.444 e. The van der Waals surface area contributed by atoms with Crippen LogP contribution in [0.25, 0.3) is 22.8 Å². The predicted molar refractivity (Wildman–Crippen MR) is 108 cm³/mol. The highest BCUT2D eigenvalue weighted by atomic mass is 32.2. The van der Waals surface area contributed by atoms with Crippen LogP contribution in [-0.4, -0.2) is 28.2 Å². The van der Waals surface area contributed by atoms with Gasteiger partial charge in [0, 0.05) is 12.1 Å². The Bertz CT molecular complexity index is 1360. The Hall–Kier alpha value is -3.66. The molecule has 2 aromatic heterocycles. The molecule has 0 bridgehead atoms. The summed E-state index contributed by atoms with van der Waals surface area (Å²) >= 11 is 0. The molecule has 0 unspecified atom stereocenters. The van der Waals surface area contributed by atoms with Crippen molar-refractivity contribution in [2.75, 3.05) is 0 Å². The molecular weight excluding hydrogens is 426 g/mol. The fourth-order valence-electron chi connectivity index (χ4n) is 3.04. The van der Waals surface area contributed by atoms with Crippen LogP contribution >= 0.6 is 0 Å². The Morgan fingerprint density at radius 1 is 1.10 bits per heavy atom. The summed E-state index contributed by atoms with van der Waals surface area (Å²) in [5.74, 6) is -1.40. The summed E-state index contributed by atoms with van der Waals surface area (Å²) in [5, 5.41) is 7.35. The third-order valence-electron chi connectivity index (χ3n) is 4.38. The Morgan fingerprint density at radius 3 is 2.65 bits per heavy atom. The van der Waals surface area contributed by atoms with Gasteiger partial charge in [0.15, 0.2) is 5.82 Å². The maximum atomic E-state index is 14.2. The molecule has 0 amide bonds. The van der Waals surface area contributed by atoms with Crippen molar-refractivity contribution in [3.8, 4) is 22.8 Å². The monoisotopic (exact) mass is 442 g/mol. The molecule has 158 valence electrons. The van der Waals surface area contributed by atoms with Crippen LogP contribution in [0.5, 0.6) is 0 Å². The summed E-state index contributed by atoms with van der Waals surface area (Å²) in [4.78, 5) is 4.14. The Kier molecular flexibility index (Phi) is 5.47. The normalized spacial score (nSPS) is 11.5. The largest absolute Gasteiger partial charge is 0.444 e. The average Bonchev–Trinajstić information content (AvgIpc) is 3.36. The van der Waals surface area contributed by atoms with E-state index >= 15 is 0 Å². The molecule has 4 aromatic rings. The maximum absolute atomic E-state index is 14.2. The number of hydrogen-bond donors (Lipinski definition) is 0. The zero-order valence-corrected chi connectivity index (χ0v) is 16.9. The molecule has 2 aromatic carbocycles. The lowest BCUT2D eigenvalue weighted by Crippen LogP contribution is -2.14. The van der Waals surface area contributed by atoms with Gasteiger partial charge in [0.25, 0.3) is 5.16 Å². The lowest BCUT2D eigenvalue weighted by Gasteiger charge is -2.08. The highest BCUT2D eigenvalue weighted by molar-refractivity contribution is 7.90. The first-order chi connectivity index (χ1) is 14.9. The van der Waals surface area contributed by atoms with Gasteiger partial charge in [0.05, 0.1) is 11.3 Å². The van der Waals surface area contributed by atoms with Gasteiger partial charge in [-0.05, 0) is 30.3 Å². The molecular formula is C21H16F2N4O3S. The minimum absolute atomic E-state index is 0.0542. The zero-order chi connectivity index (χ0) is 22.0. The van der Waals surface area contributed by atoms with E-state index in [0.29, 0.717) is 5.56 Å². The maximum Gasteiger partial charge on any atom is 0.250 e. The van der Waals surface area contributed by atoms with Gasteiger partial charge in [0.1, 0.15) is 23.7 Å². The van der Waals surface area contributed by atoms with Crippen LogP contribution in [0.3, 0.4) is 0 Å². The number of hydrogen-bond acceptors (Lipinski definition) is 6. The summed E-state index contributed by atoms with van der Waals surface area (Å²) in [6, 6.07) is 11.5. The van der Waals surface area contributed by atoms with E-state index in [1.165, 1.54) is 53.3 Å². The third-order valence-corrected chi connectivity index (χ3v) is 5.92. The zero-order valence-electron chi connectivity index (χ0n) is 16.1. The summed E-state index contributed by atoms with van der Waals surface area (Å²) in [6.07, 6.45) is 2.65. The fourth-order valence-corrected chi connectivity index (χ4v) is 4.35. The molecule has 4 rings (SSSR count). The van der Waals surface area contributed by atoms with E-state index in [9.17, 15) is 17.2 Å². The molecule has 0 atom stereocenters. The second-order valence-electron chi connectivity index (χ2n) is 6.60. The average molecular weight is 442 g/mol. The SMILES string of the molecule is C=CCn1c(-c2ccccc2F)nnc1S(=O)(=O)Cc1coc(-c2cccc(F)c2)n1. The van der Waals surface area contributed by atoms with Crippen LogP contribution in [0.4, 0.5) is 8.78 Å². The topological polar surface area (TPSA) is 90.9 Å². The number of oxazole rings is 1. The van der Waals surface area contributed by atoms with Crippen LogP contribution in [0.1, 0.15) is 5.69 Å². The van der Waals surface area contributed by atoms with Crippen LogP contribution in [-0.2, 0) is 22.1 Å². The van der Waals surface area contributed by atoms with E-state index < -0.39 is 27.2 Å². The molecule has 0 aliphatic heterocycles. The lowest BCUT2D eigenvalue weighted by atomic mass is 10.2. The predicted octanol–water partition coefficient (Wildman–Crippen LogP) is 4.04. The highest BCUT2D eigenvalue weighted by Gasteiger charge is 2.27. The van der Waals surface area contributed by atoms with E-state index in [2.05, 4.69) is 21.8 Å². The van der Waals surface area contributed by atoms with Gasteiger partial charge in [-0.3, -0.25) is 4.57 Å². The number of halogens is 2. The second kappa shape index (κ2) is 8.23. The fraction of sp³-hybridized carbons (Fsp3) is 0.0952. The number of rotatable bonds is 7. The van der Waals surface area contributed by atoms with Gasteiger partial charge in [0.2, 0.25) is 15.7 Å². The second-order valence-corrected chi connectivity index (χ2v) is 8.48. The van der Waals surface area contributed by atoms with Gasteiger partial charge in [-0.25, -0.2) is 22.2 Å². The number of benzene rings is 2. The first-order valence-corrected chi connectivity index (χ1v) is 10.8. The molecule has 0 radical (unpaired) electrons. The first-order valence-electron chi connectivity index (χ1n) is 9.11. The number of allylic oxidation sites excluding steroid dienone is 1. The summed E-state index contributed by atoms with van der Waals surface area (Å²) in [5.41, 5.74) is 0.605. The number of sulfone groups is 1. The van der Waals surface area contributed by atoms with Crippen molar-refractivity contribution in [1.29, 1.82) is 0 Å². The minimum atomic E-state index is -4.02. The molecule has 2 heterocycles. The van der Waals surface area contributed by atoms with Crippen LogP contribution in [0.15, 0.2) is 77.0 Å². The molecule has 0 saturated heterocycles. The van der Waals surface area contributed by atoms with Crippen molar-refractivity contribution in [2.45, 2.75) is 17.5 Å². The molecule has 0 N–H and O–H groups in total. The van der Waals surface area contributed by atoms with Crippen LogP contribution in [0, 0.1) is 11.6 Å². The molecule has 0 saturated carbocycles. The summed E-state index contributed by atoms with van der Waals surface area (Å²) < 4.78 is 60.3. The van der Waals surface area contributed by atoms with E-state index in [1.54, 1.807) is 12.1 Å². The van der Waals surface area contributed by atoms with Gasteiger partial charge in [-0.2, -0.15) is 0 Å². The van der Waals surface area contributed by atoms with E-state index in [-0.39, 0.29) is 34.7 Å². The van der Waals surface area contributed by atoms with Crippen molar-refractivity contribution in [3.05, 3.63) is 84.8 Å². The molecule has 7 nitrogen and oxygen atoms in total.